The number of hydrogen-bond donors (Lipinski definition) is 3. The molecule has 4 nitrogen and oxygen atoms in total. The predicted molar refractivity (Wildman–Crippen MR) is 76.7 cm³/mol. The van der Waals surface area contributed by atoms with Crippen LogP contribution in [0.1, 0.15) is 31.7 Å². The number of amides is 1. The monoisotopic (exact) mass is 264 g/mol. The van der Waals surface area contributed by atoms with Crippen LogP contribution in [0.3, 0.4) is 0 Å². The molecule has 0 bridgehead atoms. The molecule has 2 atom stereocenters. The van der Waals surface area contributed by atoms with Crippen molar-refractivity contribution in [1.82, 2.24) is 5.32 Å². The number of hydrogen-bond acceptors (Lipinski definition) is 3. The first-order chi connectivity index (χ1) is 9.13. The van der Waals surface area contributed by atoms with E-state index in [-0.39, 0.29) is 12.5 Å². The number of aryl methyl sites for hydroxylation is 1. The summed E-state index contributed by atoms with van der Waals surface area (Å²) < 4.78 is 0. The molecule has 0 saturated carbocycles. The lowest BCUT2D eigenvalue weighted by Gasteiger charge is -2.14. The lowest BCUT2D eigenvalue weighted by molar-refractivity contribution is -0.122. The van der Waals surface area contributed by atoms with Gasteiger partial charge in [-0.25, -0.2) is 0 Å². The average molecular weight is 264 g/mol. The van der Waals surface area contributed by atoms with Crippen molar-refractivity contribution in [3.8, 4) is 0 Å². The van der Waals surface area contributed by atoms with Crippen molar-refractivity contribution in [2.75, 3.05) is 6.54 Å². The summed E-state index contributed by atoms with van der Waals surface area (Å²) in [6.45, 7) is 2.28. The van der Waals surface area contributed by atoms with Crippen LogP contribution < -0.4 is 11.1 Å². The van der Waals surface area contributed by atoms with Crippen molar-refractivity contribution in [3.63, 3.8) is 0 Å². The van der Waals surface area contributed by atoms with E-state index >= 15 is 0 Å². The Bertz CT molecular complexity index is 368. The Labute approximate surface area is 115 Å². The van der Waals surface area contributed by atoms with Crippen LogP contribution in [0.25, 0.3) is 0 Å². The summed E-state index contributed by atoms with van der Waals surface area (Å²) in [5, 5.41) is 12.2. The van der Waals surface area contributed by atoms with E-state index in [0.717, 1.165) is 12.8 Å². The van der Waals surface area contributed by atoms with E-state index in [4.69, 9.17) is 5.73 Å². The summed E-state index contributed by atoms with van der Waals surface area (Å²) in [4.78, 5) is 11.7. The Balaban J connectivity index is 2.25. The fourth-order valence-electron chi connectivity index (χ4n) is 1.88. The van der Waals surface area contributed by atoms with Gasteiger partial charge in [0.25, 0.3) is 0 Å². The van der Waals surface area contributed by atoms with Gasteiger partial charge in [-0.05, 0) is 24.8 Å². The first-order valence-corrected chi connectivity index (χ1v) is 6.88. The fourth-order valence-corrected chi connectivity index (χ4v) is 1.88. The molecular weight excluding hydrogens is 240 g/mol. The molecule has 1 rings (SSSR count). The van der Waals surface area contributed by atoms with Gasteiger partial charge < -0.3 is 16.2 Å². The lowest BCUT2D eigenvalue weighted by atomic mass is 10.1. The number of aliphatic hydroxyl groups is 1. The maximum Gasteiger partial charge on any atom is 0.237 e. The number of nitrogens with two attached hydrogens (primary N) is 1. The summed E-state index contributed by atoms with van der Waals surface area (Å²) in [5.74, 6) is -0.189. The Hall–Kier alpha value is -1.39. The molecule has 0 saturated heterocycles. The molecule has 0 spiro atoms. The molecule has 4 N–H and O–H groups in total. The van der Waals surface area contributed by atoms with Gasteiger partial charge in [0.2, 0.25) is 5.91 Å². The fraction of sp³-hybridized carbons (Fsp3) is 0.533. The average Bonchev–Trinajstić information content (AvgIpc) is 2.43. The van der Waals surface area contributed by atoms with Crippen molar-refractivity contribution in [1.29, 1.82) is 0 Å². The van der Waals surface area contributed by atoms with Gasteiger partial charge in [-0.2, -0.15) is 0 Å². The second kappa shape index (κ2) is 8.67. The summed E-state index contributed by atoms with van der Waals surface area (Å²) in [6, 6.07) is 9.44. The molecule has 1 aromatic carbocycles. The Kier molecular flexibility index (Phi) is 7.15. The second-order valence-corrected chi connectivity index (χ2v) is 4.82. The highest BCUT2D eigenvalue weighted by molar-refractivity contribution is 5.81. The van der Waals surface area contributed by atoms with E-state index in [1.165, 1.54) is 5.56 Å². The Morgan fingerprint density at radius 3 is 2.63 bits per heavy atom. The zero-order chi connectivity index (χ0) is 14.1. The molecule has 0 radical (unpaired) electrons. The maximum absolute atomic E-state index is 11.7. The number of carbonyl (C=O) groups is 1. The molecule has 1 unspecified atom stereocenters. The number of aliphatic hydroxyl groups excluding tert-OH is 1. The van der Waals surface area contributed by atoms with E-state index < -0.39 is 12.1 Å². The van der Waals surface area contributed by atoms with Crippen LogP contribution in [0, 0.1) is 0 Å². The van der Waals surface area contributed by atoms with Gasteiger partial charge in [0.1, 0.15) is 0 Å². The van der Waals surface area contributed by atoms with Crippen molar-refractivity contribution >= 4 is 5.91 Å². The number of nitrogens with one attached hydrogen (secondary N) is 1. The predicted octanol–water partition coefficient (Wildman–Crippen LogP) is 1.22. The molecule has 106 valence electrons. The normalized spacial score (nSPS) is 13.8. The van der Waals surface area contributed by atoms with Gasteiger partial charge in [0.05, 0.1) is 12.1 Å². The lowest BCUT2D eigenvalue weighted by Crippen LogP contribution is -2.43. The minimum atomic E-state index is -0.519. The molecule has 4 heteroatoms. The first kappa shape index (κ1) is 15.7. The van der Waals surface area contributed by atoms with Crippen LogP contribution in [0.15, 0.2) is 30.3 Å². The van der Waals surface area contributed by atoms with Crippen LogP contribution in [0.4, 0.5) is 0 Å². The highest BCUT2D eigenvalue weighted by atomic mass is 16.3. The molecule has 0 aliphatic carbocycles. The molecule has 19 heavy (non-hydrogen) atoms. The molecule has 1 aromatic rings. The van der Waals surface area contributed by atoms with Crippen molar-refractivity contribution in [2.24, 2.45) is 5.73 Å². The van der Waals surface area contributed by atoms with Gasteiger partial charge in [0.15, 0.2) is 0 Å². The van der Waals surface area contributed by atoms with Crippen molar-refractivity contribution < 1.29 is 9.90 Å². The summed E-state index contributed by atoms with van der Waals surface area (Å²) in [6.07, 6.45) is 2.51. The SMILES string of the molecule is CCCC(O)CNC(=O)[C@@H](N)CCc1ccccc1. The van der Waals surface area contributed by atoms with Gasteiger partial charge in [-0.15, -0.1) is 0 Å². The minimum absolute atomic E-state index is 0.189. The second-order valence-electron chi connectivity index (χ2n) is 4.82. The molecule has 0 fully saturated rings. The van der Waals surface area contributed by atoms with Gasteiger partial charge >= 0.3 is 0 Å². The van der Waals surface area contributed by atoms with Crippen LogP contribution in [-0.4, -0.2) is 29.7 Å². The van der Waals surface area contributed by atoms with Crippen LogP contribution in [0.5, 0.6) is 0 Å². The molecule has 0 aromatic heterocycles. The van der Waals surface area contributed by atoms with Crippen molar-refractivity contribution in [3.05, 3.63) is 35.9 Å². The summed E-state index contributed by atoms with van der Waals surface area (Å²) in [7, 11) is 0. The molecular formula is C15H24N2O2. The zero-order valence-electron chi connectivity index (χ0n) is 11.5. The zero-order valence-corrected chi connectivity index (χ0v) is 11.5. The van der Waals surface area contributed by atoms with E-state index in [2.05, 4.69) is 5.32 Å². The maximum atomic E-state index is 11.7. The quantitative estimate of drug-likeness (QED) is 0.661. The van der Waals surface area contributed by atoms with Gasteiger partial charge in [0, 0.05) is 6.54 Å². The van der Waals surface area contributed by atoms with Crippen molar-refractivity contribution in [2.45, 2.75) is 44.8 Å². The van der Waals surface area contributed by atoms with Crippen LogP contribution in [-0.2, 0) is 11.2 Å². The number of rotatable bonds is 8. The number of benzene rings is 1. The molecule has 0 aliphatic rings. The largest absolute Gasteiger partial charge is 0.391 e. The molecule has 1 amide bonds. The standard InChI is InChI=1S/C15H24N2O2/c1-2-6-13(18)11-17-15(19)14(16)10-9-12-7-4-3-5-8-12/h3-5,7-8,13-14,18H,2,6,9-11,16H2,1H3,(H,17,19)/t13?,14-/m0/s1. The third kappa shape index (κ3) is 6.36. The smallest absolute Gasteiger partial charge is 0.237 e. The van der Waals surface area contributed by atoms with E-state index in [1.807, 2.05) is 37.3 Å². The Morgan fingerprint density at radius 1 is 1.32 bits per heavy atom. The van der Waals surface area contributed by atoms with Crippen LogP contribution >= 0.6 is 0 Å². The third-order valence-electron chi connectivity index (χ3n) is 3.06. The summed E-state index contributed by atoms with van der Waals surface area (Å²) >= 11 is 0. The third-order valence-corrected chi connectivity index (χ3v) is 3.06. The topological polar surface area (TPSA) is 75.3 Å². The molecule has 0 aliphatic heterocycles. The van der Waals surface area contributed by atoms with Gasteiger partial charge in [-0.3, -0.25) is 4.79 Å². The van der Waals surface area contributed by atoms with Crippen LogP contribution in [0.2, 0.25) is 0 Å². The summed E-state index contributed by atoms with van der Waals surface area (Å²) in [5.41, 5.74) is 7.01. The molecule has 0 heterocycles. The van der Waals surface area contributed by atoms with E-state index in [0.29, 0.717) is 12.8 Å². The highest BCUT2D eigenvalue weighted by Crippen LogP contribution is 2.04. The number of carbonyl (C=O) groups excluding carboxylic acids is 1. The highest BCUT2D eigenvalue weighted by Gasteiger charge is 2.14. The van der Waals surface area contributed by atoms with E-state index in [1.54, 1.807) is 0 Å². The minimum Gasteiger partial charge on any atom is -0.391 e. The van der Waals surface area contributed by atoms with Gasteiger partial charge in [-0.1, -0.05) is 43.7 Å². The Morgan fingerprint density at radius 2 is 2.00 bits per heavy atom. The van der Waals surface area contributed by atoms with E-state index in [9.17, 15) is 9.90 Å². The first-order valence-electron chi connectivity index (χ1n) is 6.88.